The molecule has 12 aromatic rings. The van der Waals surface area contributed by atoms with Gasteiger partial charge in [-0.05, 0) is 109 Å². The largest absolute Gasteiger partial charge is 0.309 e. The summed E-state index contributed by atoms with van der Waals surface area (Å²) in [5.41, 5.74) is 25.1. The lowest BCUT2D eigenvalue weighted by Crippen LogP contribution is -2.25. The van der Waals surface area contributed by atoms with Gasteiger partial charge in [-0.3, -0.25) is 0 Å². The molecular weight excluding hydrogens is 797 g/mol. The summed E-state index contributed by atoms with van der Waals surface area (Å²) in [5.74, 6) is 0. The van der Waals surface area contributed by atoms with E-state index >= 15 is 0 Å². The Morgan fingerprint density at radius 3 is 1.48 bits per heavy atom. The van der Waals surface area contributed by atoms with Gasteiger partial charge in [0.2, 0.25) is 0 Å². The molecule has 0 aliphatic heterocycles. The van der Waals surface area contributed by atoms with Crippen LogP contribution in [0.3, 0.4) is 0 Å². The molecule has 0 fully saturated rings. The van der Waals surface area contributed by atoms with Gasteiger partial charge in [0.05, 0.1) is 27.5 Å². The zero-order valence-corrected chi connectivity index (χ0v) is 36.7. The minimum absolute atomic E-state index is 0.152. The van der Waals surface area contributed by atoms with Crippen molar-refractivity contribution in [1.82, 2.24) is 9.13 Å². The van der Waals surface area contributed by atoms with Gasteiger partial charge in [0.1, 0.15) is 0 Å². The number of nitrogens with zero attached hydrogens (tertiary/aromatic N) is 2. The van der Waals surface area contributed by atoms with E-state index < -0.39 is 5.41 Å². The smallest absolute Gasteiger partial charge is 0.0725 e. The molecule has 0 N–H and O–H groups in total. The first-order valence-corrected chi connectivity index (χ1v) is 23.3. The van der Waals surface area contributed by atoms with E-state index in [-0.39, 0.29) is 5.41 Å². The Bertz CT molecular complexity index is 3980. The molecule has 15 rings (SSSR count). The summed E-state index contributed by atoms with van der Waals surface area (Å²) >= 11 is 0. The topological polar surface area (TPSA) is 9.86 Å². The van der Waals surface area contributed by atoms with Crippen LogP contribution in [0.5, 0.6) is 0 Å². The molecule has 0 atom stereocenters. The summed E-state index contributed by atoms with van der Waals surface area (Å²) < 4.78 is 5.09. The van der Waals surface area contributed by atoms with E-state index in [1.807, 2.05) is 0 Å². The number of fused-ring (bicyclic) bond motifs is 20. The minimum atomic E-state index is -0.452. The highest BCUT2D eigenvalue weighted by atomic mass is 15.0. The standard InChI is InChI=1S/C64H42N2/c1-63(2)50-28-12-8-25-46(50)61-54(63)36-35-48-60-49(45-27-18-32-55-59(45)47-26-9-15-31-53(47)64(55)51-29-13-6-21-41(51)42-22-7-14-30-52(42)64)37-40(38-58(60)66(62(48)61)39-19-4-3-5-20-39)65-56-33-16-10-23-43(56)44-24-11-17-34-57(44)65/h3-38H,1-2H3. The summed E-state index contributed by atoms with van der Waals surface area (Å²) in [6.45, 7) is 4.79. The molecule has 0 unspecified atom stereocenters. The van der Waals surface area contributed by atoms with Crippen LogP contribution in [0, 0.1) is 0 Å². The summed E-state index contributed by atoms with van der Waals surface area (Å²) in [6, 6.07) is 82.5. The average molecular weight is 839 g/mol. The molecule has 0 amide bonds. The number of hydrogen-bond donors (Lipinski definition) is 0. The third-order valence-corrected chi connectivity index (χ3v) is 15.7. The lowest BCUT2D eigenvalue weighted by Gasteiger charge is -2.30. The minimum Gasteiger partial charge on any atom is -0.309 e. The lowest BCUT2D eigenvalue weighted by molar-refractivity contribution is 0.661. The van der Waals surface area contributed by atoms with Crippen LogP contribution >= 0.6 is 0 Å². The Hall–Kier alpha value is -8.20. The van der Waals surface area contributed by atoms with Crippen molar-refractivity contribution in [3.05, 3.63) is 252 Å². The van der Waals surface area contributed by atoms with E-state index in [0.717, 1.165) is 11.4 Å². The summed E-state index contributed by atoms with van der Waals surface area (Å²) in [4.78, 5) is 0. The van der Waals surface area contributed by atoms with Gasteiger partial charge in [-0.2, -0.15) is 0 Å². The first-order chi connectivity index (χ1) is 32.5. The molecule has 1 spiro atoms. The third kappa shape index (κ3) is 4.33. The second-order valence-electron chi connectivity index (χ2n) is 19.1. The Balaban J connectivity index is 1.15. The molecule has 66 heavy (non-hydrogen) atoms. The predicted molar refractivity (Wildman–Crippen MR) is 274 cm³/mol. The van der Waals surface area contributed by atoms with E-state index in [2.05, 4.69) is 241 Å². The quantitative estimate of drug-likeness (QED) is 0.168. The molecule has 0 bridgehead atoms. The molecule has 0 radical (unpaired) electrons. The van der Waals surface area contributed by atoms with E-state index in [9.17, 15) is 0 Å². The Morgan fingerprint density at radius 2 is 0.818 bits per heavy atom. The number of benzene rings is 10. The van der Waals surface area contributed by atoms with E-state index in [4.69, 9.17) is 0 Å². The maximum absolute atomic E-state index is 2.59. The molecular formula is C64H42N2. The first kappa shape index (κ1) is 36.2. The lowest BCUT2D eigenvalue weighted by atomic mass is 9.70. The van der Waals surface area contributed by atoms with Crippen LogP contribution in [-0.4, -0.2) is 9.13 Å². The van der Waals surface area contributed by atoms with Gasteiger partial charge in [0.25, 0.3) is 0 Å². The van der Waals surface area contributed by atoms with Crippen LogP contribution in [0.4, 0.5) is 0 Å². The summed E-state index contributed by atoms with van der Waals surface area (Å²) in [5, 5.41) is 5.04. The van der Waals surface area contributed by atoms with Crippen LogP contribution in [0.1, 0.15) is 47.2 Å². The number of para-hydroxylation sites is 3. The van der Waals surface area contributed by atoms with Crippen molar-refractivity contribution < 1.29 is 0 Å². The van der Waals surface area contributed by atoms with E-state index in [0.29, 0.717) is 0 Å². The van der Waals surface area contributed by atoms with Crippen molar-refractivity contribution in [2.75, 3.05) is 0 Å². The van der Waals surface area contributed by atoms with Gasteiger partial charge >= 0.3 is 0 Å². The first-order valence-electron chi connectivity index (χ1n) is 23.3. The zero-order valence-electron chi connectivity index (χ0n) is 36.7. The van der Waals surface area contributed by atoms with Crippen LogP contribution < -0.4 is 0 Å². The highest BCUT2D eigenvalue weighted by Crippen LogP contribution is 2.64. The summed E-state index contributed by atoms with van der Waals surface area (Å²) in [6.07, 6.45) is 0. The van der Waals surface area contributed by atoms with Gasteiger partial charge in [-0.1, -0.05) is 196 Å². The number of hydrogen-bond acceptors (Lipinski definition) is 0. The molecule has 2 heteroatoms. The Morgan fingerprint density at radius 1 is 0.303 bits per heavy atom. The second kappa shape index (κ2) is 12.7. The normalized spacial score (nSPS) is 14.5. The van der Waals surface area contributed by atoms with Gasteiger partial charge in [0.15, 0.2) is 0 Å². The van der Waals surface area contributed by atoms with Crippen molar-refractivity contribution in [3.63, 3.8) is 0 Å². The van der Waals surface area contributed by atoms with Gasteiger partial charge in [-0.15, -0.1) is 0 Å². The molecule has 10 aromatic carbocycles. The van der Waals surface area contributed by atoms with Crippen LogP contribution in [0.25, 0.3) is 99.5 Å². The van der Waals surface area contributed by atoms with E-state index in [1.54, 1.807) is 0 Å². The van der Waals surface area contributed by atoms with Crippen LogP contribution in [0.15, 0.2) is 218 Å². The average Bonchev–Trinajstić information content (AvgIpc) is 4.13. The molecule has 2 heterocycles. The number of aromatic nitrogens is 2. The van der Waals surface area contributed by atoms with Crippen LogP contribution in [-0.2, 0) is 10.8 Å². The maximum atomic E-state index is 2.59. The highest BCUT2D eigenvalue weighted by Gasteiger charge is 2.52. The van der Waals surface area contributed by atoms with Crippen molar-refractivity contribution in [2.45, 2.75) is 24.7 Å². The Labute approximate surface area is 383 Å². The molecule has 2 nitrogen and oxygen atoms in total. The highest BCUT2D eigenvalue weighted by molar-refractivity contribution is 6.22. The number of rotatable bonds is 3. The van der Waals surface area contributed by atoms with Crippen molar-refractivity contribution in [1.29, 1.82) is 0 Å². The molecule has 308 valence electrons. The second-order valence-corrected chi connectivity index (χ2v) is 19.1. The molecule has 2 aromatic heterocycles. The fourth-order valence-corrected chi connectivity index (χ4v) is 13.2. The van der Waals surface area contributed by atoms with Crippen LogP contribution in [0.2, 0.25) is 0 Å². The molecule has 0 saturated heterocycles. The van der Waals surface area contributed by atoms with E-state index in [1.165, 1.54) is 122 Å². The fraction of sp³-hybridized carbons (Fsp3) is 0.0625. The third-order valence-electron chi connectivity index (χ3n) is 15.7. The predicted octanol–water partition coefficient (Wildman–Crippen LogP) is 16.2. The summed E-state index contributed by atoms with van der Waals surface area (Å²) in [7, 11) is 0. The fourth-order valence-electron chi connectivity index (χ4n) is 13.2. The van der Waals surface area contributed by atoms with Crippen molar-refractivity contribution >= 4 is 43.6 Å². The monoisotopic (exact) mass is 838 g/mol. The molecule has 3 aliphatic rings. The SMILES string of the molecule is CC1(C)c2ccccc2-c2c1ccc1c3c(-c4cccc5c4-c4ccccc4C54c5ccccc5-c5ccccc54)cc(-n4c5ccccc5c5ccccc54)cc3n(-c3ccccc3)c21. The zero-order chi connectivity index (χ0) is 43.5. The van der Waals surface area contributed by atoms with Gasteiger partial charge in [-0.25, -0.2) is 0 Å². The molecule has 3 aliphatic carbocycles. The Kier molecular flexibility index (Phi) is 6.98. The molecule has 0 saturated carbocycles. The maximum Gasteiger partial charge on any atom is 0.0725 e. The van der Waals surface area contributed by atoms with Gasteiger partial charge < -0.3 is 9.13 Å². The van der Waals surface area contributed by atoms with Crippen molar-refractivity contribution in [2.24, 2.45) is 0 Å². The van der Waals surface area contributed by atoms with Gasteiger partial charge in [0, 0.05) is 43.9 Å². The van der Waals surface area contributed by atoms with Crippen molar-refractivity contribution in [3.8, 4) is 55.9 Å².